The lowest BCUT2D eigenvalue weighted by Gasteiger charge is -2.08. The molecular weight excluding hydrogens is 358 g/mol. The van der Waals surface area contributed by atoms with Crippen molar-refractivity contribution in [3.8, 4) is 22.4 Å². The summed E-state index contributed by atoms with van der Waals surface area (Å²) in [5, 5.41) is 12.0. The highest BCUT2D eigenvalue weighted by Crippen LogP contribution is 2.40. The van der Waals surface area contributed by atoms with E-state index in [-0.39, 0.29) is 5.56 Å². The molecule has 0 spiro atoms. The average Bonchev–Trinajstić information content (AvgIpc) is 3.34. The van der Waals surface area contributed by atoms with E-state index in [2.05, 4.69) is 15.3 Å². The number of fused-ring (bicyclic) bond motifs is 2. The van der Waals surface area contributed by atoms with Crippen LogP contribution in [-0.2, 0) is 13.0 Å². The number of hydrogen-bond acceptors (Lipinski definition) is 2. The fourth-order valence-electron chi connectivity index (χ4n) is 3.63. The molecule has 2 aromatic carbocycles. The van der Waals surface area contributed by atoms with Gasteiger partial charge in [0.25, 0.3) is 0 Å². The summed E-state index contributed by atoms with van der Waals surface area (Å²) in [5.74, 6) is -1.56. The number of aryl methyl sites for hydroxylation is 1. The molecule has 4 nitrogen and oxygen atoms in total. The molecule has 0 saturated heterocycles. The van der Waals surface area contributed by atoms with Crippen LogP contribution >= 0.6 is 11.6 Å². The van der Waals surface area contributed by atoms with Crippen LogP contribution in [0.15, 0.2) is 36.5 Å². The lowest BCUT2D eigenvalue weighted by atomic mass is 9.96. The maximum Gasteiger partial charge on any atom is 0.154 e. The van der Waals surface area contributed by atoms with Crippen molar-refractivity contribution in [2.24, 2.45) is 0 Å². The van der Waals surface area contributed by atoms with E-state index < -0.39 is 16.7 Å². The van der Waals surface area contributed by atoms with Crippen molar-refractivity contribution < 1.29 is 8.78 Å². The molecule has 4 aromatic rings. The standard InChI is InChI=1S/C19H13ClF2N4/c20-17-13(21)5-4-12(18(17)22)19-16(15-2-1-7-26(15)25-19)10-3-6-14-11(8-10)9-23-24-14/h3-6,8-9H,1-2,7H2,(H,23,24). The summed E-state index contributed by atoms with van der Waals surface area (Å²) in [6.45, 7) is 0.785. The Morgan fingerprint density at radius 1 is 1.15 bits per heavy atom. The van der Waals surface area contributed by atoms with Crippen LogP contribution in [0.5, 0.6) is 0 Å². The molecule has 0 atom stereocenters. The highest BCUT2D eigenvalue weighted by molar-refractivity contribution is 6.31. The third-order valence-electron chi connectivity index (χ3n) is 4.86. The Morgan fingerprint density at radius 2 is 2.04 bits per heavy atom. The molecule has 0 bridgehead atoms. The van der Waals surface area contributed by atoms with Crippen molar-refractivity contribution in [1.29, 1.82) is 0 Å². The first-order chi connectivity index (χ1) is 12.6. The zero-order valence-corrected chi connectivity index (χ0v) is 14.3. The third kappa shape index (κ3) is 2.18. The fourth-order valence-corrected chi connectivity index (χ4v) is 3.80. The van der Waals surface area contributed by atoms with Gasteiger partial charge in [-0.15, -0.1) is 0 Å². The average molecular weight is 371 g/mol. The summed E-state index contributed by atoms with van der Waals surface area (Å²) in [5.41, 5.74) is 4.48. The molecule has 0 saturated carbocycles. The summed E-state index contributed by atoms with van der Waals surface area (Å²) in [6, 6.07) is 8.47. The van der Waals surface area contributed by atoms with Crippen LogP contribution in [0.25, 0.3) is 33.3 Å². The minimum absolute atomic E-state index is 0.209. The van der Waals surface area contributed by atoms with Gasteiger partial charge in [0.15, 0.2) is 5.82 Å². The molecule has 0 aliphatic carbocycles. The molecule has 7 heteroatoms. The van der Waals surface area contributed by atoms with Gasteiger partial charge in [0.05, 0.1) is 11.7 Å². The molecule has 1 N–H and O–H groups in total. The molecule has 130 valence electrons. The van der Waals surface area contributed by atoms with Crippen LogP contribution in [0.3, 0.4) is 0 Å². The second kappa shape index (κ2) is 5.64. The molecule has 1 aliphatic rings. The number of benzene rings is 2. The second-order valence-corrected chi connectivity index (χ2v) is 6.77. The molecule has 0 radical (unpaired) electrons. The fraction of sp³-hybridized carbons (Fsp3) is 0.158. The van der Waals surface area contributed by atoms with Crippen LogP contribution in [0.4, 0.5) is 8.78 Å². The van der Waals surface area contributed by atoms with Crippen LogP contribution in [-0.4, -0.2) is 20.0 Å². The number of aromatic nitrogens is 4. The molecule has 0 fully saturated rings. The minimum Gasteiger partial charge on any atom is -0.278 e. The first kappa shape index (κ1) is 15.5. The number of H-pyrrole nitrogens is 1. The van der Waals surface area contributed by atoms with Gasteiger partial charge in [-0.05, 0) is 42.7 Å². The van der Waals surface area contributed by atoms with E-state index in [1.165, 1.54) is 12.1 Å². The van der Waals surface area contributed by atoms with Crippen molar-refractivity contribution >= 4 is 22.5 Å². The molecule has 26 heavy (non-hydrogen) atoms. The lowest BCUT2D eigenvalue weighted by Crippen LogP contribution is -1.95. The van der Waals surface area contributed by atoms with Gasteiger partial charge in [0, 0.05) is 28.8 Å². The Labute approximate surface area is 152 Å². The second-order valence-electron chi connectivity index (χ2n) is 6.39. The molecule has 1 aliphatic heterocycles. The number of rotatable bonds is 2. The first-order valence-electron chi connectivity index (χ1n) is 8.30. The summed E-state index contributed by atoms with van der Waals surface area (Å²) < 4.78 is 30.2. The summed E-state index contributed by atoms with van der Waals surface area (Å²) in [4.78, 5) is 0. The van der Waals surface area contributed by atoms with Crippen molar-refractivity contribution in [3.05, 3.63) is 58.9 Å². The topological polar surface area (TPSA) is 46.5 Å². The molecule has 0 amide bonds. The van der Waals surface area contributed by atoms with E-state index >= 15 is 0 Å². The minimum atomic E-state index is -0.783. The zero-order chi connectivity index (χ0) is 17.8. The van der Waals surface area contributed by atoms with Crippen LogP contribution < -0.4 is 0 Å². The van der Waals surface area contributed by atoms with Gasteiger partial charge in [-0.3, -0.25) is 9.78 Å². The van der Waals surface area contributed by atoms with Gasteiger partial charge >= 0.3 is 0 Å². The monoisotopic (exact) mass is 370 g/mol. The van der Waals surface area contributed by atoms with Crippen LogP contribution in [0, 0.1) is 11.6 Å². The summed E-state index contributed by atoms with van der Waals surface area (Å²) >= 11 is 5.79. The van der Waals surface area contributed by atoms with Gasteiger partial charge in [0.2, 0.25) is 0 Å². The predicted octanol–water partition coefficient (Wildman–Crippen LogP) is 4.97. The smallest absolute Gasteiger partial charge is 0.154 e. The van der Waals surface area contributed by atoms with Crippen LogP contribution in [0.2, 0.25) is 5.02 Å². The number of halogens is 3. The van der Waals surface area contributed by atoms with E-state index in [0.29, 0.717) is 5.69 Å². The first-order valence-corrected chi connectivity index (χ1v) is 8.68. The lowest BCUT2D eigenvalue weighted by molar-refractivity contribution is 0.585. The highest BCUT2D eigenvalue weighted by Gasteiger charge is 2.26. The maximum absolute atomic E-state index is 14.7. The van der Waals surface area contributed by atoms with E-state index in [0.717, 1.165) is 47.1 Å². The molecule has 5 rings (SSSR count). The van der Waals surface area contributed by atoms with E-state index in [1.807, 2.05) is 22.9 Å². The van der Waals surface area contributed by atoms with E-state index in [4.69, 9.17) is 11.6 Å². The maximum atomic E-state index is 14.7. The van der Waals surface area contributed by atoms with Gasteiger partial charge in [-0.25, -0.2) is 8.78 Å². The number of aromatic amines is 1. The Kier molecular flexibility index (Phi) is 3.37. The highest BCUT2D eigenvalue weighted by atomic mass is 35.5. The summed E-state index contributed by atoms with van der Waals surface area (Å²) in [7, 11) is 0. The Morgan fingerprint density at radius 3 is 2.92 bits per heavy atom. The van der Waals surface area contributed by atoms with Crippen molar-refractivity contribution in [2.45, 2.75) is 19.4 Å². The SMILES string of the molecule is Fc1ccc(-c2nn3c(c2-c2ccc4[nH]ncc4c2)CCC3)c(F)c1Cl. The Hall–Kier alpha value is -2.73. The van der Waals surface area contributed by atoms with Crippen LogP contribution in [0.1, 0.15) is 12.1 Å². The van der Waals surface area contributed by atoms with Gasteiger partial charge in [-0.2, -0.15) is 10.2 Å². The van der Waals surface area contributed by atoms with E-state index in [9.17, 15) is 8.78 Å². The predicted molar refractivity (Wildman–Crippen MR) is 96.0 cm³/mol. The Bertz CT molecular complexity index is 1160. The Balaban J connectivity index is 1.79. The molecule has 2 aromatic heterocycles. The zero-order valence-electron chi connectivity index (χ0n) is 13.6. The normalized spacial score (nSPS) is 13.5. The third-order valence-corrected chi connectivity index (χ3v) is 5.21. The van der Waals surface area contributed by atoms with Gasteiger partial charge in [-0.1, -0.05) is 17.7 Å². The largest absolute Gasteiger partial charge is 0.278 e. The number of nitrogens with one attached hydrogen (secondary N) is 1. The van der Waals surface area contributed by atoms with Gasteiger partial charge < -0.3 is 0 Å². The van der Waals surface area contributed by atoms with E-state index in [1.54, 1.807) is 6.20 Å². The molecule has 0 unspecified atom stereocenters. The van der Waals surface area contributed by atoms with Crippen molar-refractivity contribution in [2.75, 3.05) is 0 Å². The quantitative estimate of drug-likeness (QED) is 0.506. The number of nitrogens with zero attached hydrogens (tertiary/aromatic N) is 3. The molecule has 3 heterocycles. The van der Waals surface area contributed by atoms with Crippen molar-refractivity contribution in [3.63, 3.8) is 0 Å². The summed E-state index contributed by atoms with van der Waals surface area (Å²) in [6.07, 6.45) is 3.61. The van der Waals surface area contributed by atoms with Crippen molar-refractivity contribution in [1.82, 2.24) is 20.0 Å². The molecular formula is C19H13ClF2N4. The number of hydrogen-bond donors (Lipinski definition) is 1. The van der Waals surface area contributed by atoms with Gasteiger partial charge in [0.1, 0.15) is 16.5 Å².